The minimum absolute atomic E-state index is 0.0857. The SMILES string of the molecule is COC(=O)C1CC(C(C)=O)c2c(Cl)cc(Cl)cc2N1N. The fraction of sp³-hybridized carbons (Fsp3) is 0.385. The molecule has 0 radical (unpaired) electrons. The number of nitrogens with two attached hydrogens (primary N) is 1. The van der Waals surface area contributed by atoms with Crippen LogP contribution >= 0.6 is 23.2 Å². The van der Waals surface area contributed by atoms with E-state index in [2.05, 4.69) is 0 Å². The van der Waals surface area contributed by atoms with Gasteiger partial charge in [-0.25, -0.2) is 10.6 Å². The van der Waals surface area contributed by atoms with E-state index in [0.717, 1.165) is 0 Å². The molecule has 1 aliphatic rings. The van der Waals surface area contributed by atoms with E-state index in [1.165, 1.54) is 19.0 Å². The van der Waals surface area contributed by atoms with E-state index < -0.39 is 17.9 Å². The summed E-state index contributed by atoms with van der Waals surface area (Å²) in [6.45, 7) is 1.46. The monoisotopic (exact) mass is 316 g/mol. The van der Waals surface area contributed by atoms with Crippen LogP contribution in [0.2, 0.25) is 10.0 Å². The van der Waals surface area contributed by atoms with Crippen molar-refractivity contribution in [3.8, 4) is 0 Å². The Morgan fingerprint density at radius 2 is 2.05 bits per heavy atom. The molecule has 0 fully saturated rings. The largest absolute Gasteiger partial charge is 0.467 e. The fourth-order valence-electron chi connectivity index (χ4n) is 2.47. The highest BCUT2D eigenvalue weighted by Gasteiger charge is 2.39. The van der Waals surface area contributed by atoms with Crippen molar-refractivity contribution in [2.24, 2.45) is 5.84 Å². The molecule has 20 heavy (non-hydrogen) atoms. The Hall–Kier alpha value is -1.30. The van der Waals surface area contributed by atoms with Crippen molar-refractivity contribution >= 4 is 40.6 Å². The zero-order valence-corrected chi connectivity index (χ0v) is 12.5. The second-order valence-corrected chi connectivity index (χ2v) is 5.51. The number of hydrazine groups is 1. The van der Waals surface area contributed by atoms with E-state index in [-0.39, 0.29) is 12.2 Å². The molecule has 1 aromatic rings. The van der Waals surface area contributed by atoms with Gasteiger partial charge in [0.1, 0.15) is 11.8 Å². The van der Waals surface area contributed by atoms with E-state index >= 15 is 0 Å². The molecule has 1 heterocycles. The maximum Gasteiger partial charge on any atom is 0.330 e. The summed E-state index contributed by atoms with van der Waals surface area (Å²) in [5.74, 6) is 4.88. The average Bonchev–Trinajstić information content (AvgIpc) is 2.38. The van der Waals surface area contributed by atoms with Gasteiger partial charge in [-0.1, -0.05) is 23.2 Å². The van der Waals surface area contributed by atoms with Gasteiger partial charge < -0.3 is 4.74 Å². The molecule has 2 unspecified atom stereocenters. The number of halogens is 2. The second-order valence-electron chi connectivity index (χ2n) is 4.67. The molecule has 2 rings (SSSR count). The van der Waals surface area contributed by atoms with Gasteiger partial charge in [0.15, 0.2) is 0 Å². The van der Waals surface area contributed by atoms with Crippen LogP contribution < -0.4 is 10.9 Å². The standard InChI is InChI=1S/C13H14Cl2N2O3/c1-6(18)8-5-11(13(19)20-2)17(16)10-4-7(14)3-9(15)12(8)10/h3-4,8,11H,5,16H2,1-2H3. The molecular weight excluding hydrogens is 303 g/mol. The number of carbonyl (C=O) groups excluding carboxylic acids is 2. The predicted molar refractivity (Wildman–Crippen MR) is 77.0 cm³/mol. The summed E-state index contributed by atoms with van der Waals surface area (Å²) in [6.07, 6.45) is 0.229. The lowest BCUT2D eigenvalue weighted by Gasteiger charge is -2.37. The number of rotatable bonds is 2. The first kappa shape index (κ1) is 15.1. The molecular formula is C13H14Cl2N2O3. The number of ketones is 1. The van der Waals surface area contributed by atoms with Crippen molar-refractivity contribution in [2.75, 3.05) is 12.1 Å². The summed E-state index contributed by atoms with van der Waals surface area (Å²) in [6, 6.07) is 2.41. The van der Waals surface area contributed by atoms with Crippen molar-refractivity contribution in [2.45, 2.75) is 25.3 Å². The summed E-state index contributed by atoms with van der Waals surface area (Å²) >= 11 is 12.1. The van der Waals surface area contributed by atoms with Crippen molar-refractivity contribution in [3.63, 3.8) is 0 Å². The van der Waals surface area contributed by atoms with Crippen molar-refractivity contribution in [3.05, 3.63) is 27.7 Å². The Kier molecular flexibility index (Phi) is 4.22. The third-order valence-corrected chi connectivity index (χ3v) is 3.99. The fourth-order valence-corrected chi connectivity index (χ4v) is 3.08. The minimum atomic E-state index is -0.740. The van der Waals surface area contributed by atoms with Gasteiger partial charge in [-0.2, -0.15) is 0 Å². The maximum atomic E-state index is 11.9. The highest BCUT2D eigenvalue weighted by molar-refractivity contribution is 6.36. The van der Waals surface area contributed by atoms with Gasteiger partial charge in [0.05, 0.1) is 12.8 Å². The number of Topliss-reactive ketones (excluding diaryl/α,β-unsaturated/α-hetero) is 1. The van der Waals surface area contributed by atoms with Crippen LogP contribution in [-0.2, 0) is 14.3 Å². The van der Waals surface area contributed by atoms with Gasteiger partial charge in [0, 0.05) is 21.5 Å². The van der Waals surface area contributed by atoms with Crippen LogP contribution in [0.3, 0.4) is 0 Å². The highest BCUT2D eigenvalue weighted by atomic mass is 35.5. The number of nitrogens with zero attached hydrogens (tertiary/aromatic N) is 1. The molecule has 0 saturated heterocycles. The van der Waals surface area contributed by atoms with E-state index in [4.69, 9.17) is 33.8 Å². The third kappa shape index (κ3) is 2.49. The number of benzene rings is 1. The molecule has 0 bridgehead atoms. The molecule has 0 spiro atoms. The summed E-state index contributed by atoms with van der Waals surface area (Å²) in [7, 11) is 1.28. The van der Waals surface area contributed by atoms with Gasteiger partial charge in [-0.05, 0) is 25.5 Å². The summed E-state index contributed by atoms with van der Waals surface area (Å²) in [5.41, 5.74) is 1.08. The molecule has 2 atom stereocenters. The van der Waals surface area contributed by atoms with Crippen LogP contribution in [0.1, 0.15) is 24.8 Å². The molecule has 108 valence electrons. The Morgan fingerprint density at radius 1 is 1.40 bits per heavy atom. The number of hydrogen-bond acceptors (Lipinski definition) is 5. The van der Waals surface area contributed by atoms with E-state index in [1.807, 2.05) is 0 Å². The van der Waals surface area contributed by atoms with Gasteiger partial charge in [0.2, 0.25) is 0 Å². The first-order valence-electron chi connectivity index (χ1n) is 5.98. The summed E-state index contributed by atoms with van der Waals surface area (Å²) < 4.78 is 4.73. The number of hydrogen-bond donors (Lipinski definition) is 1. The molecule has 5 nitrogen and oxygen atoms in total. The van der Waals surface area contributed by atoms with Gasteiger partial charge >= 0.3 is 5.97 Å². The zero-order valence-electron chi connectivity index (χ0n) is 11.0. The van der Waals surface area contributed by atoms with Crippen LogP contribution in [0.5, 0.6) is 0 Å². The highest BCUT2D eigenvalue weighted by Crippen LogP contribution is 2.43. The quantitative estimate of drug-likeness (QED) is 0.669. The molecule has 0 amide bonds. The van der Waals surface area contributed by atoms with Crippen LogP contribution in [0.4, 0.5) is 5.69 Å². The normalized spacial score (nSPS) is 21.4. The Balaban J connectivity index is 2.59. The Labute approximate surface area is 126 Å². The van der Waals surface area contributed by atoms with E-state index in [9.17, 15) is 9.59 Å². The molecule has 2 N–H and O–H groups in total. The number of methoxy groups -OCH3 is 1. The third-order valence-electron chi connectivity index (χ3n) is 3.46. The van der Waals surface area contributed by atoms with Crippen LogP contribution in [-0.4, -0.2) is 24.9 Å². The van der Waals surface area contributed by atoms with Crippen LogP contribution in [0.15, 0.2) is 12.1 Å². The second kappa shape index (κ2) is 5.60. The van der Waals surface area contributed by atoms with Crippen molar-refractivity contribution in [1.82, 2.24) is 0 Å². The summed E-state index contributed by atoms with van der Waals surface area (Å²) in [5, 5.41) is 2.02. The lowest BCUT2D eigenvalue weighted by atomic mass is 9.84. The lowest BCUT2D eigenvalue weighted by molar-refractivity contribution is -0.142. The van der Waals surface area contributed by atoms with E-state index in [0.29, 0.717) is 21.3 Å². The number of esters is 1. The molecule has 0 saturated carbocycles. The molecule has 0 aliphatic carbocycles. The van der Waals surface area contributed by atoms with Gasteiger partial charge in [0.25, 0.3) is 0 Å². The lowest BCUT2D eigenvalue weighted by Crippen LogP contribution is -2.51. The van der Waals surface area contributed by atoms with Crippen molar-refractivity contribution in [1.29, 1.82) is 0 Å². The molecule has 1 aliphatic heterocycles. The Bertz CT molecular complexity index is 577. The van der Waals surface area contributed by atoms with Crippen LogP contribution in [0.25, 0.3) is 0 Å². The molecule has 1 aromatic carbocycles. The smallest absolute Gasteiger partial charge is 0.330 e. The predicted octanol–water partition coefficient (Wildman–Crippen LogP) is 2.29. The minimum Gasteiger partial charge on any atom is -0.467 e. The summed E-state index contributed by atoms with van der Waals surface area (Å²) in [4.78, 5) is 23.7. The topological polar surface area (TPSA) is 72.6 Å². The number of carbonyl (C=O) groups is 2. The zero-order chi connectivity index (χ0) is 15.0. The Morgan fingerprint density at radius 3 is 2.60 bits per heavy atom. The molecule has 0 aromatic heterocycles. The van der Waals surface area contributed by atoms with Crippen molar-refractivity contribution < 1.29 is 14.3 Å². The molecule has 7 heteroatoms. The van der Waals surface area contributed by atoms with Gasteiger partial charge in [-0.15, -0.1) is 0 Å². The van der Waals surface area contributed by atoms with E-state index in [1.54, 1.807) is 12.1 Å². The number of anilines is 1. The average molecular weight is 317 g/mol. The number of ether oxygens (including phenoxy) is 1. The number of fused-ring (bicyclic) bond motifs is 1. The maximum absolute atomic E-state index is 11.9. The first-order valence-corrected chi connectivity index (χ1v) is 6.73. The van der Waals surface area contributed by atoms with Gasteiger partial charge in [-0.3, -0.25) is 9.80 Å². The van der Waals surface area contributed by atoms with Crippen LogP contribution in [0, 0.1) is 0 Å². The first-order chi connectivity index (χ1) is 9.36.